The number of unbranched alkanes of at least 4 members (excludes halogenated alkanes) is 6. The van der Waals surface area contributed by atoms with Gasteiger partial charge in [-0.1, -0.05) is 66.2 Å². The van der Waals surface area contributed by atoms with Crippen molar-refractivity contribution in [1.82, 2.24) is 0 Å². The number of nitrogens with zero attached hydrogens (tertiary/aromatic N) is 1. The number of ketones is 1. The summed E-state index contributed by atoms with van der Waals surface area (Å²) in [4.78, 5) is 57.7. The van der Waals surface area contributed by atoms with Gasteiger partial charge in [0.15, 0.2) is 5.78 Å². The summed E-state index contributed by atoms with van der Waals surface area (Å²) < 4.78 is 23.7. The van der Waals surface area contributed by atoms with Crippen molar-refractivity contribution < 1.29 is 38.1 Å². The van der Waals surface area contributed by atoms with E-state index in [9.17, 15) is 19.2 Å². The van der Waals surface area contributed by atoms with Crippen molar-refractivity contribution in [2.45, 2.75) is 111 Å². The van der Waals surface area contributed by atoms with Crippen molar-refractivity contribution in [3.05, 3.63) is 71.8 Å². The molecule has 0 saturated heterocycles. The SMILES string of the molecule is CCCCCCN=CCOc1ccc(C(=O)c2c(-c3ccc(OC(=O)CCCC)cc3)sc3cc(OC(=O)CCCC)cc(OC(=O)CCCC)c23)cc1.Cl. The van der Waals surface area contributed by atoms with Gasteiger partial charge in [0, 0.05) is 58.6 Å². The molecule has 0 spiro atoms. The third-order valence-corrected chi connectivity index (χ3v) is 9.86. The number of rotatable bonds is 23. The highest BCUT2D eigenvalue weighted by atomic mass is 35.5. The Morgan fingerprint density at radius 2 is 1.20 bits per heavy atom. The molecule has 1 aromatic heterocycles. The fourth-order valence-electron chi connectivity index (χ4n) is 5.66. The second-order valence-electron chi connectivity index (χ2n) is 13.2. The largest absolute Gasteiger partial charge is 0.488 e. The summed E-state index contributed by atoms with van der Waals surface area (Å²) in [5.41, 5.74) is 1.45. The van der Waals surface area contributed by atoms with Gasteiger partial charge >= 0.3 is 17.9 Å². The van der Waals surface area contributed by atoms with Gasteiger partial charge in [0.25, 0.3) is 0 Å². The minimum Gasteiger partial charge on any atom is -0.488 e. The fourth-order valence-corrected chi connectivity index (χ4v) is 6.91. The summed E-state index contributed by atoms with van der Waals surface area (Å²) in [6, 6.07) is 17.1. The van der Waals surface area contributed by atoms with Gasteiger partial charge in [0.2, 0.25) is 0 Å². The van der Waals surface area contributed by atoms with Crippen LogP contribution in [-0.4, -0.2) is 43.1 Å². The molecule has 0 fully saturated rings. The van der Waals surface area contributed by atoms with Gasteiger partial charge in [-0.3, -0.25) is 24.2 Å². The van der Waals surface area contributed by atoms with Crippen LogP contribution in [-0.2, 0) is 14.4 Å². The van der Waals surface area contributed by atoms with Crippen LogP contribution in [0.4, 0.5) is 0 Å². The number of ether oxygens (including phenoxy) is 4. The highest BCUT2D eigenvalue weighted by molar-refractivity contribution is 7.23. The Morgan fingerprint density at radius 1 is 0.636 bits per heavy atom. The number of hydrogen-bond acceptors (Lipinski definition) is 10. The molecule has 0 aliphatic carbocycles. The molecular formula is C44H54ClNO8S. The average Bonchev–Trinajstić information content (AvgIpc) is 3.56. The van der Waals surface area contributed by atoms with E-state index in [1.54, 1.807) is 60.8 Å². The topological polar surface area (TPSA) is 118 Å². The Kier molecular flexibility index (Phi) is 19.6. The summed E-state index contributed by atoms with van der Waals surface area (Å²) in [6.45, 7) is 9.27. The van der Waals surface area contributed by atoms with Crippen LogP contribution in [0.5, 0.6) is 23.0 Å². The first-order chi connectivity index (χ1) is 26.3. The molecule has 0 amide bonds. The van der Waals surface area contributed by atoms with Crippen LogP contribution >= 0.6 is 23.7 Å². The van der Waals surface area contributed by atoms with Crippen molar-refractivity contribution in [2.75, 3.05) is 13.2 Å². The maximum absolute atomic E-state index is 14.6. The molecule has 0 aliphatic heterocycles. The molecule has 3 aromatic carbocycles. The van der Waals surface area contributed by atoms with E-state index in [0.717, 1.165) is 38.6 Å². The van der Waals surface area contributed by atoms with Crippen LogP contribution in [0.3, 0.4) is 0 Å². The van der Waals surface area contributed by atoms with E-state index < -0.39 is 11.9 Å². The zero-order valence-electron chi connectivity index (χ0n) is 32.5. The number of hydrogen-bond donors (Lipinski definition) is 0. The van der Waals surface area contributed by atoms with Gasteiger partial charge in [0.05, 0.1) is 5.56 Å². The number of fused-ring (bicyclic) bond motifs is 1. The van der Waals surface area contributed by atoms with E-state index in [4.69, 9.17) is 18.9 Å². The Morgan fingerprint density at radius 3 is 1.80 bits per heavy atom. The second kappa shape index (κ2) is 24.1. The van der Waals surface area contributed by atoms with Gasteiger partial charge in [-0.05, 0) is 85.8 Å². The molecule has 0 unspecified atom stereocenters. The molecule has 1 heterocycles. The van der Waals surface area contributed by atoms with E-state index in [-0.39, 0.29) is 48.5 Å². The molecule has 11 heteroatoms. The Hall–Kier alpha value is -4.54. The molecular weight excluding hydrogens is 738 g/mol. The molecule has 0 bridgehead atoms. The van der Waals surface area contributed by atoms with Crippen LogP contribution in [0.15, 0.2) is 65.7 Å². The minimum atomic E-state index is -0.445. The summed E-state index contributed by atoms with van der Waals surface area (Å²) in [7, 11) is 0. The van der Waals surface area contributed by atoms with Crippen molar-refractivity contribution >= 4 is 63.7 Å². The smallest absolute Gasteiger partial charge is 0.311 e. The molecule has 0 N–H and O–H groups in total. The molecule has 55 heavy (non-hydrogen) atoms. The summed E-state index contributed by atoms with van der Waals surface area (Å²) in [5.74, 6) is -0.0512. The molecule has 0 aliphatic rings. The third-order valence-electron chi connectivity index (χ3n) is 8.67. The van der Waals surface area contributed by atoms with Gasteiger partial charge in [-0.2, -0.15) is 0 Å². The minimum absolute atomic E-state index is 0. The first-order valence-electron chi connectivity index (χ1n) is 19.4. The molecule has 9 nitrogen and oxygen atoms in total. The molecule has 0 atom stereocenters. The van der Waals surface area contributed by atoms with Crippen LogP contribution in [0.1, 0.15) is 127 Å². The third kappa shape index (κ3) is 13.9. The van der Waals surface area contributed by atoms with Crippen molar-refractivity contribution in [1.29, 1.82) is 0 Å². The number of benzene rings is 3. The maximum Gasteiger partial charge on any atom is 0.311 e. The maximum atomic E-state index is 14.6. The Balaban J connectivity index is 0.00000812. The Labute approximate surface area is 335 Å². The standard InChI is InChI=1S/C44H53NO8S.ClH/c1-5-9-13-14-26-45-27-28-50-33-22-18-31(19-23-33)43(49)42-41-36(53-40(48)17-12-8-4)29-35(52-39(47)16-11-7-3)30-37(41)54-44(42)32-20-24-34(25-21-32)51-38(46)15-10-6-2;/h18-25,27,29-30H,5-17,26,28H2,1-4H3;1H. The van der Waals surface area contributed by atoms with Gasteiger partial charge in [0.1, 0.15) is 29.6 Å². The molecule has 4 aromatic rings. The van der Waals surface area contributed by atoms with Crippen LogP contribution in [0, 0.1) is 0 Å². The first-order valence-corrected chi connectivity index (χ1v) is 20.2. The predicted octanol–water partition coefficient (Wildman–Crippen LogP) is 11.5. The average molecular weight is 792 g/mol. The lowest BCUT2D eigenvalue weighted by Crippen LogP contribution is -2.10. The van der Waals surface area contributed by atoms with Gasteiger partial charge in [-0.15, -0.1) is 23.7 Å². The number of thiophene rings is 1. The lowest BCUT2D eigenvalue weighted by atomic mass is 9.97. The number of halogens is 1. The van der Waals surface area contributed by atoms with E-state index in [1.807, 2.05) is 20.8 Å². The monoisotopic (exact) mass is 791 g/mol. The normalized spacial score (nSPS) is 11.0. The van der Waals surface area contributed by atoms with Crippen molar-refractivity contribution in [3.8, 4) is 33.4 Å². The number of carbonyl (C=O) groups is 4. The van der Waals surface area contributed by atoms with Gasteiger partial charge < -0.3 is 18.9 Å². The van der Waals surface area contributed by atoms with E-state index >= 15 is 0 Å². The number of aliphatic imine (C=N–C) groups is 1. The molecule has 4 rings (SSSR count). The lowest BCUT2D eigenvalue weighted by molar-refractivity contribution is -0.135. The summed E-state index contributed by atoms with van der Waals surface area (Å²) in [6.07, 6.45) is 11.8. The van der Waals surface area contributed by atoms with Crippen molar-refractivity contribution in [2.24, 2.45) is 4.99 Å². The first kappa shape index (κ1) is 44.9. The van der Waals surface area contributed by atoms with E-state index in [2.05, 4.69) is 11.9 Å². The second-order valence-corrected chi connectivity index (χ2v) is 14.2. The number of carbonyl (C=O) groups excluding carboxylic acids is 4. The summed E-state index contributed by atoms with van der Waals surface area (Å²) in [5, 5.41) is 0.448. The van der Waals surface area contributed by atoms with Crippen molar-refractivity contribution in [3.63, 3.8) is 0 Å². The lowest BCUT2D eigenvalue weighted by Gasteiger charge is -2.12. The van der Waals surface area contributed by atoms with E-state index in [0.29, 0.717) is 69.0 Å². The number of esters is 3. The zero-order valence-corrected chi connectivity index (χ0v) is 34.1. The fraction of sp³-hybridized carbons (Fsp3) is 0.432. The highest BCUT2D eigenvalue weighted by Gasteiger charge is 2.27. The van der Waals surface area contributed by atoms with Crippen LogP contribution in [0.2, 0.25) is 0 Å². The van der Waals surface area contributed by atoms with Gasteiger partial charge in [-0.25, -0.2) is 0 Å². The molecule has 0 saturated carbocycles. The predicted molar refractivity (Wildman–Crippen MR) is 223 cm³/mol. The Bertz CT molecular complexity index is 1870. The molecule has 0 radical (unpaired) electrons. The molecule has 296 valence electrons. The van der Waals surface area contributed by atoms with Crippen LogP contribution in [0.25, 0.3) is 20.5 Å². The summed E-state index contributed by atoms with van der Waals surface area (Å²) >= 11 is 1.32. The van der Waals surface area contributed by atoms with Crippen LogP contribution < -0.4 is 18.9 Å². The highest BCUT2D eigenvalue weighted by Crippen LogP contribution is 2.46. The van der Waals surface area contributed by atoms with E-state index in [1.165, 1.54) is 36.7 Å². The zero-order chi connectivity index (χ0) is 38.7. The quantitative estimate of drug-likeness (QED) is 0.0240.